The van der Waals surface area contributed by atoms with Crippen molar-refractivity contribution in [2.45, 2.75) is 40.5 Å². The molecule has 0 aromatic heterocycles. The molecule has 0 saturated carbocycles. The van der Waals surface area contributed by atoms with E-state index in [1.807, 2.05) is 12.1 Å². The molecule has 2 aromatic carbocycles. The van der Waals surface area contributed by atoms with Crippen LogP contribution >= 0.6 is 15.9 Å². The van der Waals surface area contributed by atoms with Gasteiger partial charge in [0.05, 0.1) is 13.1 Å². The molecule has 0 radical (unpaired) electrons. The number of hydrogen-bond donors (Lipinski definition) is 2. The Balaban J connectivity index is 0.000000479. The number of rotatable bonds is 12. The van der Waals surface area contributed by atoms with Crippen molar-refractivity contribution in [2.24, 2.45) is 0 Å². The smallest absolute Gasteiger partial charge is 0.241 e. The SMILES string of the molecule is C=C(CN(CC(=O)N(C)C)c1ccc(Br)cc1C)NCCNCC.CCc1ccccc1CC. The number of carbonyl (C=O) groups excluding carboxylic acids is 1. The quantitative estimate of drug-likeness (QED) is 0.371. The average Bonchev–Trinajstić information content (AvgIpc) is 2.81. The standard InChI is InChI=1S/C18H29BrN4O.C10H14/c1-6-20-9-10-21-15(3)12-23(13-18(24)22(4)5)17-8-7-16(19)11-14(17)2;1-3-9-7-5-6-8-10(9)4-2/h7-8,11,20-21H,3,6,9-10,12-13H2,1-2,4-5H3;5-8H,3-4H2,1-2H3. The van der Waals surface area contributed by atoms with Crippen LogP contribution in [0.15, 0.2) is 59.2 Å². The first-order chi connectivity index (χ1) is 16.2. The normalized spacial score (nSPS) is 10.2. The van der Waals surface area contributed by atoms with Crippen molar-refractivity contribution in [2.75, 3.05) is 51.7 Å². The summed E-state index contributed by atoms with van der Waals surface area (Å²) in [6.07, 6.45) is 2.31. The number of carbonyl (C=O) groups is 1. The van der Waals surface area contributed by atoms with Gasteiger partial charge in [0.1, 0.15) is 0 Å². The molecule has 1 amide bonds. The summed E-state index contributed by atoms with van der Waals surface area (Å²) >= 11 is 3.49. The minimum Gasteiger partial charge on any atom is -0.386 e. The van der Waals surface area contributed by atoms with Crippen molar-refractivity contribution in [3.63, 3.8) is 0 Å². The number of benzene rings is 2. The maximum atomic E-state index is 12.2. The lowest BCUT2D eigenvalue weighted by Gasteiger charge is -2.28. The average molecular weight is 532 g/mol. The Kier molecular flexibility index (Phi) is 14.3. The van der Waals surface area contributed by atoms with Gasteiger partial charge in [-0.2, -0.15) is 0 Å². The second kappa shape index (κ2) is 16.3. The first-order valence-corrected chi connectivity index (χ1v) is 12.9. The van der Waals surface area contributed by atoms with Crippen LogP contribution in [0.1, 0.15) is 37.5 Å². The first kappa shape index (κ1) is 29.7. The van der Waals surface area contributed by atoms with Crippen LogP contribution in [0.4, 0.5) is 5.69 Å². The lowest BCUT2D eigenvalue weighted by Crippen LogP contribution is -2.40. The fraction of sp³-hybridized carbons (Fsp3) is 0.464. The highest BCUT2D eigenvalue weighted by Gasteiger charge is 2.16. The lowest BCUT2D eigenvalue weighted by molar-refractivity contribution is -0.127. The maximum absolute atomic E-state index is 12.2. The van der Waals surface area contributed by atoms with Crippen LogP contribution in [0.5, 0.6) is 0 Å². The molecule has 0 aliphatic rings. The third kappa shape index (κ3) is 10.7. The summed E-state index contributed by atoms with van der Waals surface area (Å²) in [6, 6.07) is 14.7. The molecule has 0 aliphatic carbocycles. The number of nitrogens with zero attached hydrogens (tertiary/aromatic N) is 2. The van der Waals surface area contributed by atoms with Crippen molar-refractivity contribution in [3.8, 4) is 0 Å². The summed E-state index contributed by atoms with van der Waals surface area (Å²) < 4.78 is 1.03. The Morgan fingerprint density at radius 2 is 1.59 bits per heavy atom. The summed E-state index contributed by atoms with van der Waals surface area (Å²) in [7, 11) is 3.55. The minimum atomic E-state index is 0.0674. The van der Waals surface area contributed by atoms with E-state index in [0.29, 0.717) is 13.1 Å². The van der Waals surface area contributed by atoms with E-state index in [9.17, 15) is 4.79 Å². The molecule has 2 aromatic rings. The van der Waals surface area contributed by atoms with Gasteiger partial charge in [-0.15, -0.1) is 0 Å². The topological polar surface area (TPSA) is 47.6 Å². The number of amides is 1. The van der Waals surface area contributed by atoms with Gasteiger partial charge in [0, 0.05) is 43.0 Å². The molecule has 0 heterocycles. The van der Waals surface area contributed by atoms with E-state index >= 15 is 0 Å². The Bertz CT molecular complexity index is 875. The predicted octanol–water partition coefficient (Wildman–Crippen LogP) is 5.18. The van der Waals surface area contributed by atoms with E-state index < -0.39 is 0 Å². The highest BCUT2D eigenvalue weighted by molar-refractivity contribution is 9.10. The molecule has 0 saturated heterocycles. The molecule has 0 atom stereocenters. The summed E-state index contributed by atoms with van der Waals surface area (Å²) in [5, 5.41) is 6.59. The maximum Gasteiger partial charge on any atom is 0.241 e. The van der Waals surface area contributed by atoms with Crippen molar-refractivity contribution in [1.29, 1.82) is 0 Å². The summed E-state index contributed by atoms with van der Waals surface area (Å²) in [5.41, 5.74) is 6.05. The van der Waals surface area contributed by atoms with E-state index in [-0.39, 0.29) is 5.91 Å². The van der Waals surface area contributed by atoms with Crippen molar-refractivity contribution in [1.82, 2.24) is 15.5 Å². The van der Waals surface area contributed by atoms with Crippen molar-refractivity contribution < 1.29 is 4.79 Å². The zero-order valence-corrected chi connectivity index (χ0v) is 23.5. The van der Waals surface area contributed by atoms with Crippen molar-refractivity contribution in [3.05, 3.63) is 75.9 Å². The summed E-state index contributed by atoms with van der Waals surface area (Å²) in [5.74, 6) is 0.0674. The predicted molar refractivity (Wildman–Crippen MR) is 151 cm³/mol. The lowest BCUT2D eigenvalue weighted by atomic mass is 10.0. The van der Waals surface area contributed by atoms with Gasteiger partial charge in [-0.3, -0.25) is 4.79 Å². The number of nitrogens with one attached hydrogen (secondary N) is 2. The van der Waals surface area contributed by atoms with E-state index in [2.05, 4.69) is 96.1 Å². The number of hydrogen-bond acceptors (Lipinski definition) is 4. The van der Waals surface area contributed by atoms with Crippen LogP contribution in [0.2, 0.25) is 0 Å². The largest absolute Gasteiger partial charge is 0.386 e. The van der Waals surface area contributed by atoms with Crippen LogP contribution in [-0.4, -0.2) is 57.6 Å². The van der Waals surface area contributed by atoms with Crippen LogP contribution in [-0.2, 0) is 17.6 Å². The van der Waals surface area contributed by atoms with E-state index in [4.69, 9.17) is 0 Å². The zero-order chi connectivity index (χ0) is 25.5. The molecule has 5 nitrogen and oxygen atoms in total. The van der Waals surface area contributed by atoms with Gasteiger partial charge < -0.3 is 20.4 Å². The summed E-state index contributed by atoms with van der Waals surface area (Å²) in [6.45, 7) is 16.2. The van der Waals surface area contributed by atoms with Gasteiger partial charge in [-0.25, -0.2) is 0 Å². The number of aryl methyl sites for hydroxylation is 3. The molecule has 6 heteroatoms. The molecule has 0 bridgehead atoms. The Hall–Kier alpha value is -2.31. The molecule has 188 valence electrons. The third-order valence-corrected chi connectivity index (χ3v) is 6.01. The molecule has 2 N–H and O–H groups in total. The Labute approximate surface area is 215 Å². The highest BCUT2D eigenvalue weighted by atomic mass is 79.9. The van der Waals surface area contributed by atoms with E-state index in [1.54, 1.807) is 19.0 Å². The minimum absolute atomic E-state index is 0.0674. The molecule has 0 spiro atoms. The van der Waals surface area contributed by atoms with Gasteiger partial charge in [-0.1, -0.05) is 67.5 Å². The Morgan fingerprint density at radius 3 is 2.09 bits per heavy atom. The van der Waals surface area contributed by atoms with Crippen LogP contribution in [0, 0.1) is 6.92 Å². The fourth-order valence-electron chi connectivity index (χ4n) is 3.54. The van der Waals surface area contributed by atoms with Gasteiger partial charge >= 0.3 is 0 Å². The monoisotopic (exact) mass is 530 g/mol. The molecule has 0 unspecified atom stereocenters. The summed E-state index contributed by atoms with van der Waals surface area (Å²) in [4.78, 5) is 15.9. The van der Waals surface area contributed by atoms with Gasteiger partial charge in [0.2, 0.25) is 5.91 Å². The van der Waals surface area contributed by atoms with Crippen LogP contribution in [0.3, 0.4) is 0 Å². The molecular formula is C28H43BrN4O. The van der Waals surface area contributed by atoms with E-state index in [0.717, 1.165) is 53.9 Å². The zero-order valence-electron chi connectivity index (χ0n) is 21.9. The second-order valence-corrected chi connectivity index (χ2v) is 9.35. The van der Waals surface area contributed by atoms with Crippen LogP contribution in [0.25, 0.3) is 0 Å². The third-order valence-electron chi connectivity index (χ3n) is 5.51. The molecular weight excluding hydrogens is 488 g/mol. The van der Waals surface area contributed by atoms with Crippen LogP contribution < -0.4 is 15.5 Å². The number of halogens is 1. The van der Waals surface area contributed by atoms with Crippen molar-refractivity contribution >= 4 is 27.5 Å². The molecule has 2 rings (SSSR count). The Morgan fingerprint density at radius 1 is 0.971 bits per heavy atom. The van der Waals surface area contributed by atoms with Gasteiger partial charge in [0.25, 0.3) is 0 Å². The first-order valence-electron chi connectivity index (χ1n) is 12.1. The van der Waals surface area contributed by atoms with E-state index in [1.165, 1.54) is 11.1 Å². The van der Waals surface area contributed by atoms with Gasteiger partial charge in [-0.05, 0) is 61.2 Å². The fourth-order valence-corrected chi connectivity index (χ4v) is 4.02. The highest BCUT2D eigenvalue weighted by Crippen LogP contribution is 2.24. The molecule has 0 fully saturated rings. The second-order valence-electron chi connectivity index (χ2n) is 8.43. The molecule has 34 heavy (non-hydrogen) atoms. The molecule has 0 aliphatic heterocycles. The van der Waals surface area contributed by atoms with Gasteiger partial charge in [0.15, 0.2) is 0 Å². The number of anilines is 1. The number of likely N-dealkylation sites (N-methyl/N-ethyl adjacent to an activating group) is 2.